The molecule has 5 heteroatoms. The zero-order valence-electron chi connectivity index (χ0n) is 21.8. The Kier molecular flexibility index (Phi) is 8.28. The summed E-state index contributed by atoms with van der Waals surface area (Å²) in [4.78, 5) is 12.1. The topological polar surface area (TPSA) is 79.6 Å². The molecule has 0 aromatic heterocycles. The molecule has 3 rings (SSSR count). The van der Waals surface area contributed by atoms with Gasteiger partial charge >= 0.3 is 5.97 Å². The molecule has 0 radical (unpaired) electrons. The summed E-state index contributed by atoms with van der Waals surface area (Å²) in [7, 11) is 0. The molecule has 3 unspecified atom stereocenters. The fraction of sp³-hybridized carbons (Fsp3) is 0.533. The van der Waals surface area contributed by atoms with Gasteiger partial charge in [0.1, 0.15) is 5.75 Å². The third-order valence-electron chi connectivity index (χ3n) is 7.64. The van der Waals surface area contributed by atoms with Crippen LogP contribution in [-0.2, 0) is 20.4 Å². The van der Waals surface area contributed by atoms with Crippen molar-refractivity contribution in [3.05, 3.63) is 65.2 Å². The zero-order chi connectivity index (χ0) is 25.7. The van der Waals surface area contributed by atoms with E-state index in [2.05, 4.69) is 39.0 Å². The Morgan fingerprint density at radius 2 is 1.60 bits per heavy atom. The molecule has 0 saturated carbocycles. The van der Waals surface area contributed by atoms with Gasteiger partial charge < -0.3 is 14.6 Å². The minimum atomic E-state index is -0.890. The van der Waals surface area contributed by atoms with Crippen LogP contribution in [0, 0.1) is 16.7 Å². The highest BCUT2D eigenvalue weighted by Crippen LogP contribution is 2.47. The Morgan fingerprint density at radius 3 is 2.11 bits per heavy atom. The van der Waals surface area contributed by atoms with Crippen molar-refractivity contribution in [3.8, 4) is 11.8 Å². The van der Waals surface area contributed by atoms with Gasteiger partial charge in [-0.3, -0.25) is 4.79 Å². The summed E-state index contributed by atoms with van der Waals surface area (Å²) in [5.74, 6) is -0.0273. The highest BCUT2D eigenvalue weighted by atomic mass is 16.7. The molecule has 5 nitrogen and oxygen atoms in total. The fourth-order valence-corrected chi connectivity index (χ4v) is 5.45. The Balaban J connectivity index is 1.94. The van der Waals surface area contributed by atoms with E-state index in [1.54, 1.807) is 13.8 Å². The zero-order valence-corrected chi connectivity index (χ0v) is 21.8. The van der Waals surface area contributed by atoms with Crippen LogP contribution < -0.4 is 4.74 Å². The summed E-state index contributed by atoms with van der Waals surface area (Å²) in [6.45, 7) is 10.9. The molecule has 0 spiro atoms. The summed E-state index contributed by atoms with van der Waals surface area (Å²) >= 11 is 0. The van der Waals surface area contributed by atoms with Crippen LogP contribution in [-0.4, -0.2) is 24.0 Å². The molecule has 1 aliphatic heterocycles. The smallest absolute Gasteiger partial charge is 0.309 e. The molecular formula is C30H39NO4. The number of carboxylic acids is 1. The van der Waals surface area contributed by atoms with Crippen LogP contribution >= 0.6 is 0 Å². The Hall–Kier alpha value is -2.84. The third kappa shape index (κ3) is 6.44. The standard InChI is InChI=1S/C30H39NO4/c1-6-29(4,23-12-10-22(19-31)11-13-23)21-30(5,20-28(2,3)27(32)33)24-14-16-25(17-15-24)35-26-9-7-8-18-34-26/h10-17,26H,6-9,18,20-21H2,1-5H3,(H,32,33). The molecule has 2 aromatic carbocycles. The van der Waals surface area contributed by atoms with Crippen molar-refractivity contribution >= 4 is 5.97 Å². The average Bonchev–Trinajstić information content (AvgIpc) is 2.84. The highest BCUT2D eigenvalue weighted by Gasteiger charge is 2.43. The van der Waals surface area contributed by atoms with Gasteiger partial charge in [-0.2, -0.15) is 5.26 Å². The minimum Gasteiger partial charge on any atom is -0.481 e. The molecule has 35 heavy (non-hydrogen) atoms. The lowest BCUT2D eigenvalue weighted by molar-refractivity contribution is -0.148. The predicted octanol–water partition coefficient (Wildman–Crippen LogP) is 6.98. The second-order valence-corrected chi connectivity index (χ2v) is 11.1. The summed E-state index contributed by atoms with van der Waals surface area (Å²) in [5, 5.41) is 19.1. The maximum atomic E-state index is 12.1. The lowest BCUT2D eigenvalue weighted by atomic mass is 9.61. The normalized spacial score (nSPS) is 19.7. The SMILES string of the molecule is CCC(C)(CC(C)(CC(C)(C)C(=O)O)c1ccc(OC2CCCCO2)cc1)c1ccc(C#N)cc1. The third-order valence-corrected chi connectivity index (χ3v) is 7.64. The van der Waals surface area contributed by atoms with Crippen LogP contribution in [0.4, 0.5) is 0 Å². The van der Waals surface area contributed by atoms with Crippen LogP contribution in [0.1, 0.15) is 89.8 Å². The first-order valence-corrected chi connectivity index (χ1v) is 12.6. The van der Waals surface area contributed by atoms with E-state index in [1.807, 2.05) is 36.4 Å². The Bertz CT molecular complexity index is 1030. The molecule has 0 amide bonds. The molecule has 3 atom stereocenters. The monoisotopic (exact) mass is 477 g/mol. The van der Waals surface area contributed by atoms with Crippen LogP contribution in [0.15, 0.2) is 48.5 Å². The number of nitrogens with zero attached hydrogens (tertiary/aromatic N) is 1. The molecular weight excluding hydrogens is 438 g/mol. The summed E-state index contributed by atoms with van der Waals surface area (Å²) in [6.07, 6.45) is 5.03. The minimum absolute atomic E-state index is 0.192. The van der Waals surface area contributed by atoms with Crippen molar-refractivity contribution in [2.24, 2.45) is 5.41 Å². The highest BCUT2D eigenvalue weighted by molar-refractivity contribution is 5.73. The first-order valence-electron chi connectivity index (χ1n) is 12.6. The average molecular weight is 478 g/mol. The number of aliphatic carboxylic acids is 1. The number of hydrogen-bond donors (Lipinski definition) is 1. The molecule has 188 valence electrons. The molecule has 2 aromatic rings. The van der Waals surface area contributed by atoms with Crippen molar-refractivity contribution in [3.63, 3.8) is 0 Å². The second-order valence-electron chi connectivity index (χ2n) is 11.1. The quantitative estimate of drug-likeness (QED) is 0.399. The summed E-state index contributed by atoms with van der Waals surface area (Å²) in [6, 6.07) is 18.1. The number of carboxylic acid groups (broad SMARTS) is 1. The van der Waals surface area contributed by atoms with Gasteiger partial charge in [0, 0.05) is 6.42 Å². The number of benzene rings is 2. The van der Waals surface area contributed by atoms with Gasteiger partial charge in [-0.25, -0.2) is 0 Å². The number of rotatable bonds is 10. The van der Waals surface area contributed by atoms with Crippen molar-refractivity contribution in [1.82, 2.24) is 0 Å². The molecule has 0 aliphatic carbocycles. The van der Waals surface area contributed by atoms with E-state index in [0.29, 0.717) is 12.0 Å². The van der Waals surface area contributed by atoms with E-state index < -0.39 is 16.8 Å². The van der Waals surface area contributed by atoms with E-state index in [1.165, 1.54) is 0 Å². The van der Waals surface area contributed by atoms with Crippen molar-refractivity contribution in [2.75, 3.05) is 6.61 Å². The van der Waals surface area contributed by atoms with E-state index in [0.717, 1.165) is 55.6 Å². The first kappa shape index (κ1) is 26.8. The van der Waals surface area contributed by atoms with Gasteiger partial charge in [-0.1, -0.05) is 45.0 Å². The van der Waals surface area contributed by atoms with Gasteiger partial charge in [0.05, 0.1) is 23.7 Å². The lowest BCUT2D eigenvalue weighted by Crippen LogP contribution is -2.39. The van der Waals surface area contributed by atoms with Gasteiger partial charge in [-0.15, -0.1) is 0 Å². The van der Waals surface area contributed by atoms with Crippen molar-refractivity contribution in [1.29, 1.82) is 5.26 Å². The van der Waals surface area contributed by atoms with Gasteiger partial charge in [-0.05, 0) is 92.2 Å². The van der Waals surface area contributed by atoms with Crippen molar-refractivity contribution in [2.45, 2.75) is 90.3 Å². The summed E-state index contributed by atoms with van der Waals surface area (Å²) in [5.41, 5.74) is 1.41. The molecule has 1 heterocycles. The summed E-state index contributed by atoms with van der Waals surface area (Å²) < 4.78 is 11.7. The van der Waals surface area contributed by atoms with Crippen molar-refractivity contribution < 1.29 is 19.4 Å². The molecule has 1 N–H and O–H groups in total. The van der Waals surface area contributed by atoms with Crippen LogP contribution in [0.2, 0.25) is 0 Å². The largest absolute Gasteiger partial charge is 0.481 e. The maximum absolute atomic E-state index is 12.1. The molecule has 0 bridgehead atoms. The number of ether oxygens (including phenoxy) is 2. The van der Waals surface area contributed by atoms with E-state index in [9.17, 15) is 15.2 Å². The number of hydrogen-bond acceptors (Lipinski definition) is 4. The Morgan fingerprint density at radius 1 is 1.00 bits per heavy atom. The maximum Gasteiger partial charge on any atom is 0.309 e. The second kappa shape index (κ2) is 10.8. The fourth-order valence-electron chi connectivity index (χ4n) is 5.45. The molecule has 1 fully saturated rings. The number of carbonyl (C=O) groups is 1. The van der Waals surface area contributed by atoms with E-state index in [-0.39, 0.29) is 11.7 Å². The van der Waals surface area contributed by atoms with Crippen LogP contribution in [0.5, 0.6) is 5.75 Å². The van der Waals surface area contributed by atoms with E-state index in [4.69, 9.17) is 9.47 Å². The van der Waals surface area contributed by atoms with Gasteiger partial charge in [0.25, 0.3) is 0 Å². The van der Waals surface area contributed by atoms with E-state index >= 15 is 0 Å². The van der Waals surface area contributed by atoms with Crippen LogP contribution in [0.3, 0.4) is 0 Å². The molecule has 1 aliphatic rings. The van der Waals surface area contributed by atoms with Crippen LogP contribution in [0.25, 0.3) is 0 Å². The lowest BCUT2D eigenvalue weighted by Gasteiger charge is -2.43. The Labute approximate surface area is 210 Å². The first-order chi connectivity index (χ1) is 16.5. The molecule has 1 saturated heterocycles. The van der Waals surface area contributed by atoms with Gasteiger partial charge in [0.2, 0.25) is 0 Å². The predicted molar refractivity (Wildman–Crippen MR) is 137 cm³/mol. The van der Waals surface area contributed by atoms with Gasteiger partial charge in [0.15, 0.2) is 6.29 Å². The number of nitriles is 1.